The Morgan fingerprint density at radius 3 is 2.47 bits per heavy atom. The number of carbonyl (C=O) groups excluding carboxylic acids is 1. The second-order valence-corrected chi connectivity index (χ2v) is 10.9. The summed E-state index contributed by atoms with van der Waals surface area (Å²) < 4.78 is 33.9. The number of carbonyl (C=O) groups is 1. The van der Waals surface area contributed by atoms with Gasteiger partial charge in [-0.25, -0.2) is 8.42 Å². The summed E-state index contributed by atoms with van der Waals surface area (Å²) in [6.45, 7) is 9.63. The summed E-state index contributed by atoms with van der Waals surface area (Å²) in [5.41, 5.74) is 1.17. The van der Waals surface area contributed by atoms with E-state index in [0.717, 1.165) is 25.9 Å². The highest BCUT2D eigenvalue weighted by molar-refractivity contribution is 8.13. The maximum Gasteiger partial charge on any atom is 0.243 e. The minimum atomic E-state index is -3.64. The van der Waals surface area contributed by atoms with Crippen LogP contribution < -0.4 is 0 Å². The van der Waals surface area contributed by atoms with Gasteiger partial charge in [-0.3, -0.25) is 9.69 Å². The molecular formula is C22H36N2O4S2. The molecule has 6 nitrogen and oxygen atoms in total. The van der Waals surface area contributed by atoms with Crippen LogP contribution in [-0.2, 0) is 26.0 Å². The predicted octanol–water partition coefficient (Wildman–Crippen LogP) is 3.41. The van der Waals surface area contributed by atoms with Crippen LogP contribution in [0, 0.1) is 0 Å². The first kappa shape index (κ1) is 25.3. The summed E-state index contributed by atoms with van der Waals surface area (Å²) >= 11 is 1.18. The Kier molecular flexibility index (Phi) is 10.8. The van der Waals surface area contributed by atoms with E-state index in [0.29, 0.717) is 37.0 Å². The molecule has 0 aliphatic carbocycles. The maximum atomic E-state index is 13.5. The molecule has 1 fully saturated rings. The van der Waals surface area contributed by atoms with Crippen LogP contribution in [0.25, 0.3) is 0 Å². The zero-order valence-electron chi connectivity index (χ0n) is 18.5. The van der Waals surface area contributed by atoms with Gasteiger partial charge in [0.2, 0.25) is 10.0 Å². The standard InChI is InChI=1S/C22H36N2O4S2/c1-4-5-6-7-21-8-10-22(11-9-21)30(26,27)24(19(2)18-29-20(3)25)13-12-23-14-16-28-17-15-23/h8-11,19H,4-7,12-18H2,1-3H3/t19-/m1/s1. The topological polar surface area (TPSA) is 66.9 Å². The number of morpholine rings is 1. The third-order valence-electron chi connectivity index (χ3n) is 5.36. The normalized spacial score (nSPS) is 16.7. The molecule has 0 N–H and O–H groups in total. The van der Waals surface area contributed by atoms with Gasteiger partial charge in [-0.1, -0.05) is 43.7 Å². The number of aryl methyl sites for hydroxylation is 1. The Morgan fingerprint density at radius 2 is 1.87 bits per heavy atom. The molecule has 0 bridgehead atoms. The molecular weight excluding hydrogens is 420 g/mol. The molecule has 2 rings (SSSR count). The van der Waals surface area contributed by atoms with Crippen molar-refractivity contribution >= 4 is 26.9 Å². The highest BCUT2D eigenvalue weighted by atomic mass is 32.2. The Morgan fingerprint density at radius 1 is 1.20 bits per heavy atom. The van der Waals surface area contributed by atoms with Gasteiger partial charge < -0.3 is 4.74 Å². The molecule has 1 saturated heterocycles. The van der Waals surface area contributed by atoms with Crippen LogP contribution in [0.2, 0.25) is 0 Å². The number of hydrogen-bond acceptors (Lipinski definition) is 6. The second-order valence-electron chi connectivity index (χ2n) is 7.82. The summed E-state index contributed by atoms with van der Waals surface area (Å²) in [5.74, 6) is 0.451. The van der Waals surface area contributed by atoms with Crippen LogP contribution in [0.4, 0.5) is 0 Å². The minimum Gasteiger partial charge on any atom is -0.379 e. The molecule has 0 saturated carbocycles. The molecule has 1 aromatic rings. The van der Waals surface area contributed by atoms with Crippen LogP contribution in [0.3, 0.4) is 0 Å². The van der Waals surface area contributed by atoms with Gasteiger partial charge >= 0.3 is 0 Å². The van der Waals surface area contributed by atoms with E-state index in [2.05, 4.69) is 11.8 Å². The van der Waals surface area contributed by atoms with Crippen molar-refractivity contribution in [2.45, 2.75) is 57.4 Å². The first-order chi connectivity index (χ1) is 14.3. The van der Waals surface area contributed by atoms with E-state index < -0.39 is 10.0 Å². The van der Waals surface area contributed by atoms with Gasteiger partial charge in [0.15, 0.2) is 5.12 Å². The fourth-order valence-electron chi connectivity index (χ4n) is 3.51. The Labute approximate surface area is 186 Å². The lowest BCUT2D eigenvalue weighted by molar-refractivity contribution is -0.109. The van der Waals surface area contributed by atoms with E-state index in [9.17, 15) is 13.2 Å². The first-order valence-electron chi connectivity index (χ1n) is 10.9. The van der Waals surface area contributed by atoms with Crippen molar-refractivity contribution in [3.05, 3.63) is 29.8 Å². The number of hydrogen-bond donors (Lipinski definition) is 0. The molecule has 1 heterocycles. The molecule has 0 radical (unpaired) electrons. The Hall–Kier alpha value is -0.930. The molecule has 1 aliphatic heterocycles. The number of unbranched alkanes of at least 4 members (excludes halogenated alkanes) is 2. The fraction of sp³-hybridized carbons (Fsp3) is 0.682. The molecule has 0 spiro atoms. The van der Waals surface area contributed by atoms with Crippen LogP contribution >= 0.6 is 11.8 Å². The van der Waals surface area contributed by atoms with E-state index >= 15 is 0 Å². The number of sulfonamides is 1. The quantitative estimate of drug-likeness (QED) is 0.449. The van der Waals surface area contributed by atoms with E-state index in [1.807, 2.05) is 19.1 Å². The molecule has 170 valence electrons. The number of nitrogens with zero attached hydrogens (tertiary/aromatic N) is 2. The number of rotatable bonds is 12. The van der Waals surface area contributed by atoms with Gasteiger partial charge in [0.1, 0.15) is 0 Å². The summed E-state index contributed by atoms with van der Waals surface area (Å²) in [6.07, 6.45) is 4.44. The average Bonchev–Trinajstić information content (AvgIpc) is 2.73. The van der Waals surface area contributed by atoms with Crippen LogP contribution in [-0.4, -0.2) is 73.9 Å². The Bertz CT molecular complexity index is 747. The molecule has 0 unspecified atom stereocenters. The van der Waals surface area contributed by atoms with Crippen molar-refractivity contribution in [2.24, 2.45) is 0 Å². The van der Waals surface area contributed by atoms with Gasteiger partial charge in [0.25, 0.3) is 0 Å². The largest absolute Gasteiger partial charge is 0.379 e. The fourth-order valence-corrected chi connectivity index (χ4v) is 5.88. The second kappa shape index (κ2) is 12.8. The van der Waals surface area contributed by atoms with Gasteiger partial charge in [-0.15, -0.1) is 0 Å². The Balaban J connectivity index is 2.13. The van der Waals surface area contributed by atoms with E-state index in [1.54, 1.807) is 16.4 Å². The molecule has 0 amide bonds. The van der Waals surface area contributed by atoms with Crippen LogP contribution in [0.1, 0.15) is 45.6 Å². The smallest absolute Gasteiger partial charge is 0.243 e. The predicted molar refractivity (Wildman–Crippen MR) is 123 cm³/mol. The first-order valence-corrected chi connectivity index (χ1v) is 13.3. The van der Waals surface area contributed by atoms with Gasteiger partial charge in [-0.2, -0.15) is 4.31 Å². The molecule has 1 aromatic carbocycles. The molecule has 8 heteroatoms. The molecule has 1 atom stereocenters. The zero-order valence-corrected chi connectivity index (χ0v) is 20.1. The summed E-state index contributed by atoms with van der Waals surface area (Å²) in [4.78, 5) is 14.0. The monoisotopic (exact) mass is 456 g/mol. The van der Waals surface area contributed by atoms with E-state index in [4.69, 9.17) is 4.74 Å². The van der Waals surface area contributed by atoms with Crippen molar-refractivity contribution < 1.29 is 17.9 Å². The van der Waals surface area contributed by atoms with E-state index in [1.165, 1.54) is 37.1 Å². The van der Waals surface area contributed by atoms with Crippen molar-refractivity contribution in [1.82, 2.24) is 9.21 Å². The number of thioether (sulfide) groups is 1. The van der Waals surface area contributed by atoms with Gasteiger partial charge in [-0.05, 0) is 37.5 Å². The van der Waals surface area contributed by atoms with E-state index in [-0.39, 0.29) is 11.2 Å². The average molecular weight is 457 g/mol. The highest BCUT2D eigenvalue weighted by Gasteiger charge is 2.30. The number of ether oxygens (including phenoxy) is 1. The number of benzene rings is 1. The summed E-state index contributed by atoms with van der Waals surface area (Å²) in [5, 5.41) is 0.00353. The zero-order chi connectivity index (χ0) is 22.0. The van der Waals surface area contributed by atoms with Crippen molar-refractivity contribution in [2.75, 3.05) is 45.1 Å². The summed E-state index contributed by atoms with van der Waals surface area (Å²) in [7, 11) is -3.64. The highest BCUT2D eigenvalue weighted by Crippen LogP contribution is 2.22. The third-order valence-corrected chi connectivity index (χ3v) is 8.44. The van der Waals surface area contributed by atoms with Crippen molar-refractivity contribution in [3.63, 3.8) is 0 Å². The lowest BCUT2D eigenvalue weighted by Gasteiger charge is -2.32. The van der Waals surface area contributed by atoms with Crippen LogP contribution in [0.5, 0.6) is 0 Å². The lowest BCUT2D eigenvalue weighted by Crippen LogP contribution is -2.46. The molecule has 0 aromatic heterocycles. The maximum absolute atomic E-state index is 13.5. The lowest BCUT2D eigenvalue weighted by atomic mass is 10.1. The molecule has 1 aliphatic rings. The third kappa shape index (κ3) is 7.96. The van der Waals surface area contributed by atoms with Crippen LogP contribution in [0.15, 0.2) is 29.2 Å². The van der Waals surface area contributed by atoms with Crippen molar-refractivity contribution in [1.29, 1.82) is 0 Å². The minimum absolute atomic E-state index is 0.00353. The molecule has 30 heavy (non-hydrogen) atoms. The SMILES string of the molecule is CCCCCc1ccc(S(=O)(=O)N(CCN2CCOCC2)[C@H](C)CSC(C)=O)cc1. The van der Waals surface area contributed by atoms with Gasteiger partial charge in [0, 0.05) is 44.9 Å². The summed E-state index contributed by atoms with van der Waals surface area (Å²) in [6, 6.07) is 7.04. The van der Waals surface area contributed by atoms with Gasteiger partial charge in [0.05, 0.1) is 18.1 Å². The van der Waals surface area contributed by atoms with Crippen molar-refractivity contribution in [3.8, 4) is 0 Å².